The van der Waals surface area contributed by atoms with Gasteiger partial charge in [0.1, 0.15) is 5.60 Å². The lowest BCUT2D eigenvalue weighted by Gasteiger charge is -2.29. The van der Waals surface area contributed by atoms with Crippen LogP contribution < -0.4 is 0 Å². The monoisotopic (exact) mass is 278 g/mol. The van der Waals surface area contributed by atoms with Gasteiger partial charge in [-0.1, -0.05) is 31.1 Å². The second-order valence-corrected chi connectivity index (χ2v) is 7.14. The summed E-state index contributed by atoms with van der Waals surface area (Å²) in [4.78, 5) is 0. The van der Waals surface area contributed by atoms with Crippen LogP contribution in [0.15, 0.2) is 0 Å². The van der Waals surface area contributed by atoms with Crippen molar-refractivity contribution in [3.05, 3.63) is 0 Å². The molecule has 0 radical (unpaired) electrons. The number of rotatable bonds is 3. The minimum atomic E-state index is -0.853. The standard InChI is InChI=1S/C18H30O2/c1-18(2,19)13-12-15-8-10-17(11-9-15)20-14-16-6-4-3-5-7-16/h15-17,19H,3-11,14H2,1-2H3. The zero-order chi connectivity index (χ0) is 14.4. The maximum absolute atomic E-state index is 9.63. The van der Waals surface area contributed by atoms with Crippen molar-refractivity contribution in [3.8, 4) is 11.8 Å². The molecule has 0 atom stereocenters. The van der Waals surface area contributed by atoms with Crippen LogP contribution in [-0.4, -0.2) is 23.4 Å². The summed E-state index contributed by atoms with van der Waals surface area (Å²) in [6.45, 7) is 4.47. The first kappa shape index (κ1) is 15.9. The summed E-state index contributed by atoms with van der Waals surface area (Å²) in [5.41, 5.74) is -0.853. The average Bonchev–Trinajstić information content (AvgIpc) is 2.44. The zero-order valence-electron chi connectivity index (χ0n) is 13.2. The first-order valence-corrected chi connectivity index (χ1v) is 8.39. The molecule has 0 amide bonds. The van der Waals surface area contributed by atoms with Crippen LogP contribution >= 0.6 is 0 Å². The highest BCUT2D eigenvalue weighted by atomic mass is 16.5. The summed E-state index contributed by atoms with van der Waals surface area (Å²) >= 11 is 0. The predicted molar refractivity (Wildman–Crippen MR) is 82.3 cm³/mol. The normalized spacial score (nSPS) is 28.8. The lowest BCUT2D eigenvalue weighted by atomic mass is 9.87. The third-order valence-corrected chi connectivity index (χ3v) is 4.55. The van der Waals surface area contributed by atoms with Crippen LogP contribution in [0.1, 0.15) is 71.6 Å². The quantitative estimate of drug-likeness (QED) is 0.793. The van der Waals surface area contributed by atoms with Crippen LogP contribution in [0, 0.1) is 23.7 Å². The second kappa shape index (κ2) is 7.48. The van der Waals surface area contributed by atoms with E-state index in [0.29, 0.717) is 12.0 Å². The Bertz CT molecular complexity index is 331. The Morgan fingerprint density at radius 1 is 1.00 bits per heavy atom. The third-order valence-electron chi connectivity index (χ3n) is 4.55. The molecular weight excluding hydrogens is 248 g/mol. The molecule has 0 unspecified atom stereocenters. The van der Waals surface area contributed by atoms with E-state index >= 15 is 0 Å². The van der Waals surface area contributed by atoms with Gasteiger partial charge in [0.25, 0.3) is 0 Å². The van der Waals surface area contributed by atoms with E-state index in [2.05, 4.69) is 11.8 Å². The smallest absolute Gasteiger partial charge is 0.119 e. The molecule has 0 bridgehead atoms. The largest absolute Gasteiger partial charge is 0.378 e. The minimum Gasteiger partial charge on any atom is -0.378 e. The van der Waals surface area contributed by atoms with Crippen molar-refractivity contribution in [1.82, 2.24) is 0 Å². The molecule has 1 N–H and O–H groups in total. The van der Waals surface area contributed by atoms with Gasteiger partial charge in [-0.05, 0) is 58.3 Å². The molecule has 0 heterocycles. The molecule has 2 aliphatic carbocycles. The average molecular weight is 278 g/mol. The Labute approximate surface area is 124 Å². The molecule has 2 nitrogen and oxygen atoms in total. The topological polar surface area (TPSA) is 29.5 Å². The molecule has 2 fully saturated rings. The molecule has 0 spiro atoms. The molecule has 2 saturated carbocycles. The van der Waals surface area contributed by atoms with E-state index in [0.717, 1.165) is 38.2 Å². The van der Waals surface area contributed by atoms with Crippen molar-refractivity contribution in [2.75, 3.05) is 6.61 Å². The number of hydrogen-bond donors (Lipinski definition) is 1. The fraction of sp³-hybridized carbons (Fsp3) is 0.889. The van der Waals surface area contributed by atoms with Gasteiger partial charge < -0.3 is 9.84 Å². The molecule has 2 heteroatoms. The molecular formula is C18H30O2. The van der Waals surface area contributed by atoms with Crippen LogP contribution in [0.3, 0.4) is 0 Å². The lowest BCUT2D eigenvalue weighted by molar-refractivity contribution is -0.00306. The highest BCUT2D eigenvalue weighted by molar-refractivity contribution is 5.13. The summed E-state index contributed by atoms with van der Waals surface area (Å²) in [6.07, 6.45) is 11.9. The van der Waals surface area contributed by atoms with E-state index in [1.165, 1.54) is 32.1 Å². The van der Waals surface area contributed by atoms with Crippen molar-refractivity contribution in [2.24, 2.45) is 11.8 Å². The van der Waals surface area contributed by atoms with Crippen LogP contribution in [0.2, 0.25) is 0 Å². The lowest BCUT2D eigenvalue weighted by Crippen LogP contribution is -2.25. The molecule has 0 aliphatic heterocycles. The van der Waals surface area contributed by atoms with Crippen LogP contribution in [0.25, 0.3) is 0 Å². The van der Waals surface area contributed by atoms with Crippen LogP contribution in [0.5, 0.6) is 0 Å². The van der Waals surface area contributed by atoms with Gasteiger partial charge in [0.05, 0.1) is 6.10 Å². The molecule has 0 saturated heterocycles. The summed E-state index contributed by atoms with van der Waals surface area (Å²) in [7, 11) is 0. The summed E-state index contributed by atoms with van der Waals surface area (Å²) in [6, 6.07) is 0. The van der Waals surface area contributed by atoms with Gasteiger partial charge in [0, 0.05) is 12.5 Å². The highest BCUT2D eigenvalue weighted by Crippen LogP contribution is 2.28. The van der Waals surface area contributed by atoms with Crippen LogP contribution in [-0.2, 0) is 4.74 Å². The molecule has 2 aliphatic rings. The Morgan fingerprint density at radius 3 is 2.25 bits per heavy atom. The first-order chi connectivity index (χ1) is 9.53. The van der Waals surface area contributed by atoms with Crippen molar-refractivity contribution in [2.45, 2.75) is 83.3 Å². The van der Waals surface area contributed by atoms with Gasteiger partial charge in [-0.3, -0.25) is 0 Å². The SMILES string of the molecule is CC(C)(O)C#CC1CCC(OCC2CCCCC2)CC1. The Balaban J connectivity index is 1.64. The van der Waals surface area contributed by atoms with Gasteiger partial charge in [-0.2, -0.15) is 0 Å². The van der Waals surface area contributed by atoms with E-state index < -0.39 is 5.60 Å². The van der Waals surface area contributed by atoms with E-state index in [1.807, 2.05) is 0 Å². The van der Waals surface area contributed by atoms with Gasteiger partial charge >= 0.3 is 0 Å². The summed E-state index contributed by atoms with van der Waals surface area (Å²) < 4.78 is 6.12. The molecule has 20 heavy (non-hydrogen) atoms. The van der Waals surface area contributed by atoms with Gasteiger partial charge in [-0.15, -0.1) is 0 Å². The fourth-order valence-electron chi connectivity index (χ4n) is 3.28. The second-order valence-electron chi connectivity index (χ2n) is 7.14. The van der Waals surface area contributed by atoms with E-state index in [4.69, 9.17) is 4.74 Å². The van der Waals surface area contributed by atoms with Crippen LogP contribution in [0.4, 0.5) is 0 Å². The molecule has 114 valence electrons. The first-order valence-electron chi connectivity index (χ1n) is 8.39. The molecule has 0 aromatic rings. The molecule has 2 rings (SSSR count). The van der Waals surface area contributed by atoms with E-state index in [9.17, 15) is 5.11 Å². The fourth-order valence-corrected chi connectivity index (χ4v) is 3.28. The van der Waals surface area contributed by atoms with Crippen molar-refractivity contribution in [3.63, 3.8) is 0 Å². The van der Waals surface area contributed by atoms with E-state index in [1.54, 1.807) is 13.8 Å². The Morgan fingerprint density at radius 2 is 1.65 bits per heavy atom. The minimum absolute atomic E-state index is 0.455. The third kappa shape index (κ3) is 5.85. The van der Waals surface area contributed by atoms with E-state index in [-0.39, 0.29) is 0 Å². The predicted octanol–water partition coefficient (Wildman–Crippen LogP) is 3.92. The van der Waals surface area contributed by atoms with Gasteiger partial charge in [0.15, 0.2) is 0 Å². The molecule has 0 aromatic carbocycles. The number of aliphatic hydroxyl groups is 1. The summed E-state index contributed by atoms with van der Waals surface area (Å²) in [5.74, 6) is 7.46. The zero-order valence-corrected chi connectivity index (χ0v) is 13.2. The van der Waals surface area contributed by atoms with Gasteiger partial charge in [0.2, 0.25) is 0 Å². The van der Waals surface area contributed by atoms with Crippen molar-refractivity contribution < 1.29 is 9.84 Å². The Hall–Kier alpha value is -0.520. The van der Waals surface area contributed by atoms with Crippen molar-refractivity contribution in [1.29, 1.82) is 0 Å². The maximum atomic E-state index is 9.63. The molecule has 0 aromatic heterocycles. The number of hydrogen-bond acceptors (Lipinski definition) is 2. The Kier molecular flexibility index (Phi) is 5.93. The highest BCUT2D eigenvalue weighted by Gasteiger charge is 2.22. The number of ether oxygens (including phenoxy) is 1. The summed E-state index contributed by atoms with van der Waals surface area (Å²) in [5, 5.41) is 9.63. The van der Waals surface area contributed by atoms with Gasteiger partial charge in [-0.25, -0.2) is 0 Å². The van der Waals surface area contributed by atoms with Crippen molar-refractivity contribution >= 4 is 0 Å². The maximum Gasteiger partial charge on any atom is 0.119 e.